The monoisotopic (exact) mass is 766 g/mol. The lowest BCUT2D eigenvalue weighted by Gasteiger charge is -2.25. The van der Waals surface area contributed by atoms with Crippen LogP contribution in [0.25, 0.3) is 79.0 Å². The van der Waals surface area contributed by atoms with Crippen LogP contribution in [0.1, 0.15) is 30.1 Å². The lowest BCUT2D eigenvalue weighted by molar-refractivity contribution is 0.679. The van der Waals surface area contributed by atoms with Crippen molar-refractivity contribution in [2.45, 2.75) is 19.0 Å². The van der Waals surface area contributed by atoms with E-state index < -0.39 is 0 Å². The molecule has 6 heteroatoms. The van der Waals surface area contributed by atoms with Crippen molar-refractivity contribution < 1.29 is 0 Å². The highest BCUT2D eigenvalue weighted by Crippen LogP contribution is 2.47. The number of hydrogen-bond acceptors (Lipinski definition) is 5. The van der Waals surface area contributed by atoms with Crippen LogP contribution in [0, 0.1) is 0 Å². The second-order valence-corrected chi connectivity index (χ2v) is 16.9. The first-order valence-corrected chi connectivity index (χ1v) is 21.1. The van der Waals surface area contributed by atoms with Crippen LogP contribution in [0.15, 0.2) is 185 Å². The normalized spacial score (nSPS) is 15.8. The summed E-state index contributed by atoms with van der Waals surface area (Å²) in [6, 6.07) is 55.1. The highest BCUT2D eigenvalue weighted by Gasteiger charge is 2.25. The first-order chi connectivity index (χ1) is 28.3. The zero-order valence-corrected chi connectivity index (χ0v) is 32.4. The Kier molecular flexibility index (Phi) is 7.43. The second kappa shape index (κ2) is 13.0. The minimum atomic E-state index is -0.290. The Morgan fingerprint density at radius 1 is 0.579 bits per heavy atom. The van der Waals surface area contributed by atoms with Gasteiger partial charge in [-0.1, -0.05) is 133 Å². The quantitative estimate of drug-likeness (QED) is 0.186. The number of para-hydroxylation sites is 2. The molecule has 0 saturated carbocycles. The smallest absolute Gasteiger partial charge is 0.159 e. The maximum Gasteiger partial charge on any atom is 0.159 e. The van der Waals surface area contributed by atoms with E-state index in [-0.39, 0.29) is 6.17 Å². The Balaban J connectivity index is 1.01. The van der Waals surface area contributed by atoms with E-state index in [0.717, 1.165) is 41.2 Å². The minimum absolute atomic E-state index is 0.290. The molecule has 1 unspecified atom stereocenters. The van der Waals surface area contributed by atoms with E-state index in [0.29, 0.717) is 0 Å². The largest absolute Gasteiger partial charge is 0.344 e. The Labute approximate surface area is 337 Å². The molecule has 0 radical (unpaired) electrons. The number of thiophene rings is 2. The van der Waals surface area contributed by atoms with Gasteiger partial charge in [0.2, 0.25) is 0 Å². The number of aromatic nitrogens is 1. The Morgan fingerprint density at radius 3 is 2.11 bits per heavy atom. The number of nitrogens with one attached hydrogen (secondary N) is 1. The molecule has 10 aromatic rings. The summed E-state index contributed by atoms with van der Waals surface area (Å²) in [5.41, 5.74) is 9.48. The fraction of sp³-hybridized carbons (Fsp3) is 0.0588. The fourth-order valence-corrected chi connectivity index (χ4v) is 11.4. The van der Waals surface area contributed by atoms with E-state index in [9.17, 15) is 0 Å². The van der Waals surface area contributed by atoms with Crippen LogP contribution in [0.4, 0.5) is 0 Å². The van der Waals surface area contributed by atoms with Gasteiger partial charge in [-0.3, -0.25) is 0 Å². The first kappa shape index (κ1) is 32.6. The van der Waals surface area contributed by atoms with Crippen molar-refractivity contribution in [3.8, 4) is 16.8 Å². The number of nitrogens with zero attached hydrogens (tertiary/aromatic N) is 3. The molecule has 4 heterocycles. The molecule has 12 rings (SSSR count). The highest BCUT2D eigenvalue weighted by atomic mass is 32.1. The van der Waals surface area contributed by atoms with Gasteiger partial charge in [-0.05, 0) is 54.8 Å². The highest BCUT2D eigenvalue weighted by molar-refractivity contribution is 7.27. The van der Waals surface area contributed by atoms with Gasteiger partial charge < -0.3 is 9.88 Å². The van der Waals surface area contributed by atoms with E-state index in [1.54, 1.807) is 0 Å². The summed E-state index contributed by atoms with van der Waals surface area (Å²) < 4.78 is 7.55. The SMILES string of the molecule is C1=CC(C2=NC(c3ccccc3)=NC(c3cccc4sc5c(-c6cccc7sc8cc(-n9c%10ccccc%10c%10ccccc%109)ccc8c67)cccc5c34)N2)=CCC1. The molecule has 4 nitrogen and oxygen atoms in total. The third-order valence-corrected chi connectivity index (χ3v) is 13.8. The first-order valence-electron chi connectivity index (χ1n) is 19.5. The van der Waals surface area contributed by atoms with Gasteiger partial charge in [-0.15, -0.1) is 22.7 Å². The molecular formula is C51H34N4S2. The predicted molar refractivity (Wildman–Crippen MR) is 245 cm³/mol. The molecule has 7 aromatic carbocycles. The summed E-state index contributed by atoms with van der Waals surface area (Å²) in [6.07, 6.45) is 8.48. The molecule has 1 aliphatic carbocycles. The van der Waals surface area contributed by atoms with E-state index in [4.69, 9.17) is 9.98 Å². The average molecular weight is 767 g/mol. The third kappa shape index (κ3) is 5.18. The lowest BCUT2D eigenvalue weighted by atomic mass is 9.96. The van der Waals surface area contributed by atoms with Gasteiger partial charge in [-0.25, -0.2) is 9.98 Å². The molecule has 1 atom stereocenters. The van der Waals surface area contributed by atoms with Crippen molar-refractivity contribution in [1.82, 2.24) is 9.88 Å². The standard InChI is InChI=1S/C51H34N4S2/c1-3-14-31(15-4-1)49-52-50(32-16-5-2-6-17-32)54-51(53-49)40-23-13-27-44-47(40)39-22-11-21-37(48(39)57-44)36-20-12-26-43-46(36)38-29-28-33(30-45(38)56-43)55-41-24-9-7-18-34(41)35-19-8-10-25-42(35)55/h1,3-5,7-30,51H,2,6H2,(H,52,53,54). The number of fused-ring (bicyclic) bond motifs is 9. The van der Waals surface area contributed by atoms with Gasteiger partial charge in [0.1, 0.15) is 12.0 Å². The van der Waals surface area contributed by atoms with Gasteiger partial charge in [0.05, 0.1) is 11.0 Å². The number of allylic oxidation sites excluding steroid dienone is 2. The summed E-state index contributed by atoms with van der Waals surface area (Å²) >= 11 is 3.76. The lowest BCUT2D eigenvalue weighted by Crippen LogP contribution is -2.34. The molecule has 3 aromatic heterocycles. The van der Waals surface area contributed by atoms with Crippen LogP contribution in [0.5, 0.6) is 0 Å². The van der Waals surface area contributed by atoms with Gasteiger partial charge in [0.15, 0.2) is 5.84 Å². The van der Waals surface area contributed by atoms with Crippen LogP contribution in [-0.2, 0) is 0 Å². The molecule has 0 amide bonds. The molecule has 0 saturated heterocycles. The summed E-state index contributed by atoms with van der Waals surface area (Å²) in [5.74, 6) is 1.63. The number of benzene rings is 7. The molecule has 270 valence electrons. The van der Waals surface area contributed by atoms with Crippen LogP contribution in [-0.4, -0.2) is 16.2 Å². The molecule has 0 fully saturated rings. The molecule has 57 heavy (non-hydrogen) atoms. The molecule has 0 spiro atoms. The number of hydrogen-bond donors (Lipinski definition) is 1. The van der Waals surface area contributed by atoms with Crippen molar-refractivity contribution in [3.63, 3.8) is 0 Å². The van der Waals surface area contributed by atoms with Gasteiger partial charge >= 0.3 is 0 Å². The van der Waals surface area contributed by atoms with Crippen molar-refractivity contribution in [2.75, 3.05) is 0 Å². The molecule has 1 aliphatic heterocycles. The topological polar surface area (TPSA) is 41.7 Å². The van der Waals surface area contributed by atoms with Gasteiger partial charge in [0.25, 0.3) is 0 Å². The average Bonchev–Trinajstić information content (AvgIpc) is 3.96. The van der Waals surface area contributed by atoms with Crippen LogP contribution < -0.4 is 5.32 Å². The fourth-order valence-electron chi connectivity index (χ4n) is 8.96. The second-order valence-electron chi connectivity index (χ2n) is 14.8. The maximum atomic E-state index is 5.28. The Morgan fingerprint density at radius 2 is 1.30 bits per heavy atom. The Bertz CT molecular complexity index is 3340. The summed E-state index contributed by atoms with van der Waals surface area (Å²) in [7, 11) is 0. The molecule has 0 bridgehead atoms. The summed E-state index contributed by atoms with van der Waals surface area (Å²) in [4.78, 5) is 10.4. The summed E-state index contributed by atoms with van der Waals surface area (Å²) in [5, 5.41) is 11.4. The van der Waals surface area contributed by atoms with E-state index in [1.165, 1.54) is 79.0 Å². The minimum Gasteiger partial charge on any atom is -0.344 e. The number of rotatable bonds is 5. The number of amidine groups is 2. The number of aliphatic imine (C=N–C) groups is 2. The molecular weight excluding hydrogens is 733 g/mol. The van der Waals surface area contributed by atoms with E-state index >= 15 is 0 Å². The van der Waals surface area contributed by atoms with Gasteiger partial charge in [0, 0.05) is 79.1 Å². The molecule has 1 N–H and O–H groups in total. The summed E-state index contributed by atoms with van der Waals surface area (Å²) in [6.45, 7) is 0. The van der Waals surface area contributed by atoms with E-state index in [2.05, 4.69) is 174 Å². The van der Waals surface area contributed by atoms with Crippen LogP contribution in [0.3, 0.4) is 0 Å². The van der Waals surface area contributed by atoms with Crippen molar-refractivity contribution in [1.29, 1.82) is 0 Å². The third-order valence-electron chi connectivity index (χ3n) is 11.5. The maximum absolute atomic E-state index is 5.28. The zero-order chi connectivity index (χ0) is 37.5. The Hall–Kier alpha value is -6.60. The zero-order valence-electron chi connectivity index (χ0n) is 30.8. The van der Waals surface area contributed by atoms with Gasteiger partial charge in [-0.2, -0.15) is 0 Å². The van der Waals surface area contributed by atoms with Crippen LogP contribution in [0.2, 0.25) is 0 Å². The van der Waals surface area contributed by atoms with E-state index in [1.807, 2.05) is 28.7 Å². The van der Waals surface area contributed by atoms with Crippen molar-refractivity contribution in [3.05, 3.63) is 187 Å². The predicted octanol–water partition coefficient (Wildman–Crippen LogP) is 13.9. The van der Waals surface area contributed by atoms with Crippen LogP contribution >= 0.6 is 22.7 Å². The van der Waals surface area contributed by atoms with Crippen molar-refractivity contribution in [2.24, 2.45) is 9.98 Å². The van der Waals surface area contributed by atoms with Crippen molar-refractivity contribution >= 4 is 96.5 Å². The molecule has 2 aliphatic rings.